The molecule has 0 bridgehead atoms. The van der Waals surface area contributed by atoms with Gasteiger partial charge < -0.3 is 4.90 Å². The number of alkyl halides is 1. The standard InChI is InChI=1S/C13H18INO/c1-10(2)13(3,14)15(4)12(16)11-8-6-5-7-9-11/h5-10H,1-4H3/t13-/m0/s1. The van der Waals surface area contributed by atoms with Crippen LogP contribution in [0.4, 0.5) is 0 Å². The highest BCUT2D eigenvalue weighted by molar-refractivity contribution is 14.1. The van der Waals surface area contributed by atoms with Crippen LogP contribution in [0, 0.1) is 5.92 Å². The molecule has 3 heteroatoms. The Morgan fingerprint density at radius 1 is 1.31 bits per heavy atom. The number of nitrogens with zero attached hydrogens (tertiary/aromatic N) is 1. The number of carbonyl (C=O) groups excluding carboxylic acids is 1. The third-order valence-corrected chi connectivity index (χ3v) is 5.00. The van der Waals surface area contributed by atoms with Gasteiger partial charge in [-0.3, -0.25) is 4.79 Å². The molecule has 1 aromatic carbocycles. The summed E-state index contributed by atoms with van der Waals surface area (Å²) < 4.78 is -0.162. The van der Waals surface area contributed by atoms with Gasteiger partial charge in [0.25, 0.3) is 5.91 Å². The Bertz CT molecular complexity index is 359. The predicted octanol–water partition coefficient (Wildman–Crippen LogP) is 3.57. The number of hydrogen-bond acceptors (Lipinski definition) is 1. The lowest BCUT2D eigenvalue weighted by molar-refractivity contribution is 0.0688. The maximum absolute atomic E-state index is 12.2. The van der Waals surface area contributed by atoms with Gasteiger partial charge in [-0.05, 0) is 25.0 Å². The minimum atomic E-state index is -0.162. The van der Waals surface area contributed by atoms with Gasteiger partial charge in [-0.1, -0.05) is 54.6 Å². The minimum absolute atomic E-state index is 0.0752. The first kappa shape index (κ1) is 13.5. The van der Waals surface area contributed by atoms with Gasteiger partial charge in [-0.15, -0.1) is 0 Å². The van der Waals surface area contributed by atoms with Gasteiger partial charge in [0.2, 0.25) is 0 Å². The molecular weight excluding hydrogens is 313 g/mol. The maximum Gasteiger partial charge on any atom is 0.254 e. The van der Waals surface area contributed by atoms with Crippen molar-refractivity contribution >= 4 is 28.5 Å². The van der Waals surface area contributed by atoms with Crippen LogP contribution in [0.5, 0.6) is 0 Å². The highest BCUT2D eigenvalue weighted by Gasteiger charge is 2.33. The second-order valence-electron chi connectivity index (χ2n) is 4.41. The first-order valence-corrected chi connectivity index (χ1v) is 6.47. The summed E-state index contributed by atoms with van der Waals surface area (Å²) in [7, 11) is 1.86. The van der Waals surface area contributed by atoms with Crippen molar-refractivity contribution in [2.24, 2.45) is 5.92 Å². The van der Waals surface area contributed by atoms with E-state index in [0.29, 0.717) is 5.92 Å². The molecule has 0 fully saturated rings. The molecule has 0 saturated heterocycles. The Labute approximate surface area is 111 Å². The summed E-state index contributed by atoms with van der Waals surface area (Å²) in [6.45, 7) is 6.33. The third kappa shape index (κ3) is 2.75. The van der Waals surface area contributed by atoms with E-state index < -0.39 is 0 Å². The molecule has 1 aromatic rings. The van der Waals surface area contributed by atoms with Crippen molar-refractivity contribution in [1.82, 2.24) is 4.90 Å². The lowest BCUT2D eigenvalue weighted by Gasteiger charge is -2.37. The number of carbonyl (C=O) groups is 1. The van der Waals surface area contributed by atoms with Crippen molar-refractivity contribution in [1.29, 1.82) is 0 Å². The van der Waals surface area contributed by atoms with Crippen LogP contribution in [-0.2, 0) is 0 Å². The van der Waals surface area contributed by atoms with E-state index in [9.17, 15) is 4.79 Å². The van der Waals surface area contributed by atoms with Crippen molar-refractivity contribution in [3.05, 3.63) is 35.9 Å². The number of benzene rings is 1. The fourth-order valence-corrected chi connectivity index (χ4v) is 1.58. The maximum atomic E-state index is 12.2. The summed E-state index contributed by atoms with van der Waals surface area (Å²) in [4.78, 5) is 14.0. The Balaban J connectivity index is 2.91. The van der Waals surface area contributed by atoms with E-state index in [1.54, 1.807) is 0 Å². The normalized spacial score (nSPS) is 14.6. The van der Waals surface area contributed by atoms with Crippen molar-refractivity contribution in [3.63, 3.8) is 0 Å². The van der Waals surface area contributed by atoms with E-state index in [1.807, 2.05) is 42.3 Å². The van der Waals surface area contributed by atoms with Crippen LogP contribution in [0.15, 0.2) is 30.3 Å². The Morgan fingerprint density at radius 2 is 1.81 bits per heavy atom. The van der Waals surface area contributed by atoms with Gasteiger partial charge >= 0.3 is 0 Å². The van der Waals surface area contributed by atoms with E-state index in [2.05, 4.69) is 43.4 Å². The van der Waals surface area contributed by atoms with Gasteiger partial charge in [-0.2, -0.15) is 0 Å². The van der Waals surface area contributed by atoms with Crippen molar-refractivity contribution in [3.8, 4) is 0 Å². The fraction of sp³-hybridized carbons (Fsp3) is 0.462. The zero-order valence-electron chi connectivity index (χ0n) is 10.2. The highest BCUT2D eigenvalue weighted by Crippen LogP contribution is 2.31. The molecule has 1 rings (SSSR count). The summed E-state index contributed by atoms with van der Waals surface area (Å²) in [6.07, 6.45) is 0. The van der Waals surface area contributed by atoms with Crippen LogP contribution in [0.1, 0.15) is 31.1 Å². The van der Waals surface area contributed by atoms with Crippen molar-refractivity contribution < 1.29 is 4.79 Å². The average molecular weight is 331 g/mol. The monoisotopic (exact) mass is 331 g/mol. The molecule has 0 unspecified atom stereocenters. The molecule has 0 aromatic heterocycles. The fourth-order valence-electron chi connectivity index (χ4n) is 1.36. The van der Waals surface area contributed by atoms with Crippen LogP contribution < -0.4 is 0 Å². The lowest BCUT2D eigenvalue weighted by Crippen LogP contribution is -2.46. The van der Waals surface area contributed by atoms with Crippen LogP contribution in [0.3, 0.4) is 0 Å². The van der Waals surface area contributed by atoms with Crippen molar-refractivity contribution in [2.45, 2.75) is 24.3 Å². The molecule has 1 amide bonds. The van der Waals surface area contributed by atoms with E-state index in [-0.39, 0.29) is 9.45 Å². The predicted molar refractivity (Wildman–Crippen MR) is 75.8 cm³/mol. The van der Waals surface area contributed by atoms with E-state index >= 15 is 0 Å². The number of amides is 1. The van der Waals surface area contributed by atoms with Gasteiger partial charge in [0.05, 0.1) is 3.55 Å². The Kier molecular flexibility index (Phi) is 4.35. The molecule has 0 N–H and O–H groups in total. The molecule has 88 valence electrons. The zero-order valence-corrected chi connectivity index (χ0v) is 12.4. The number of rotatable bonds is 3. The van der Waals surface area contributed by atoms with Crippen LogP contribution in [0.2, 0.25) is 0 Å². The average Bonchev–Trinajstić information content (AvgIpc) is 2.28. The first-order valence-electron chi connectivity index (χ1n) is 5.39. The largest absolute Gasteiger partial charge is 0.327 e. The van der Waals surface area contributed by atoms with Gasteiger partial charge in [0.15, 0.2) is 0 Å². The number of halogens is 1. The molecule has 0 spiro atoms. The smallest absolute Gasteiger partial charge is 0.254 e. The molecule has 2 nitrogen and oxygen atoms in total. The Morgan fingerprint density at radius 3 is 2.25 bits per heavy atom. The summed E-state index contributed by atoms with van der Waals surface area (Å²) in [6, 6.07) is 9.40. The molecule has 0 heterocycles. The molecule has 0 saturated carbocycles. The van der Waals surface area contributed by atoms with Gasteiger partial charge in [0, 0.05) is 12.6 Å². The zero-order chi connectivity index (χ0) is 12.3. The van der Waals surface area contributed by atoms with Crippen LogP contribution >= 0.6 is 22.6 Å². The van der Waals surface area contributed by atoms with E-state index in [0.717, 1.165) is 5.56 Å². The quantitative estimate of drug-likeness (QED) is 0.471. The molecule has 1 atom stereocenters. The van der Waals surface area contributed by atoms with Crippen LogP contribution in [-0.4, -0.2) is 21.4 Å². The molecular formula is C13H18INO. The van der Waals surface area contributed by atoms with Gasteiger partial charge in [0.1, 0.15) is 0 Å². The summed E-state index contributed by atoms with van der Waals surface area (Å²) in [5.74, 6) is 0.483. The van der Waals surface area contributed by atoms with E-state index in [1.165, 1.54) is 0 Å². The molecule has 0 aliphatic rings. The second-order valence-corrected chi connectivity index (χ2v) is 6.59. The third-order valence-electron chi connectivity index (χ3n) is 3.03. The number of hydrogen-bond donors (Lipinski definition) is 0. The Hall–Kier alpha value is -0.580. The van der Waals surface area contributed by atoms with Gasteiger partial charge in [-0.25, -0.2) is 0 Å². The first-order chi connectivity index (χ1) is 7.37. The molecule has 0 aliphatic carbocycles. The topological polar surface area (TPSA) is 20.3 Å². The van der Waals surface area contributed by atoms with Crippen molar-refractivity contribution in [2.75, 3.05) is 7.05 Å². The van der Waals surface area contributed by atoms with E-state index in [4.69, 9.17) is 0 Å². The minimum Gasteiger partial charge on any atom is -0.327 e. The van der Waals surface area contributed by atoms with Crippen LogP contribution in [0.25, 0.3) is 0 Å². The summed E-state index contributed by atoms with van der Waals surface area (Å²) >= 11 is 2.34. The molecule has 16 heavy (non-hydrogen) atoms. The second kappa shape index (κ2) is 5.17. The lowest BCUT2D eigenvalue weighted by atomic mass is 10.0. The molecule has 0 aliphatic heterocycles. The SMILES string of the molecule is CC(C)[C@@](C)(I)N(C)C(=O)c1ccccc1. The summed E-state index contributed by atoms with van der Waals surface area (Å²) in [5.41, 5.74) is 0.744. The summed E-state index contributed by atoms with van der Waals surface area (Å²) in [5, 5.41) is 0. The molecule has 0 radical (unpaired) electrons. The highest BCUT2D eigenvalue weighted by atomic mass is 127.